The molecular formula is C38H40ClFN6O2S. The molecule has 0 bridgehead atoms. The normalized spacial score (nSPS) is 14.7. The number of nitrogens with zero attached hydrogens (tertiary/aromatic N) is 6. The van der Waals surface area contributed by atoms with Crippen molar-refractivity contribution in [1.29, 1.82) is 0 Å². The molecule has 11 heteroatoms. The standard InChI is InChI=1S/C38H40ClFN6O2S/c1-3-44-18-4-5-35(44)24-45(22-27-6-10-30(11-7-27)31-12-14-33(39)15-13-31)36(47)25-46-23-32(19-29-20-41-43(2)21-29)37(48)42-38(46)49-26-28-8-16-34(40)17-9-28/h6-17,20-21,23,35H,3-5,18-19,22,24-26H2,1-2H3. The van der Waals surface area contributed by atoms with E-state index >= 15 is 0 Å². The summed E-state index contributed by atoms with van der Waals surface area (Å²) < 4.78 is 17.0. The van der Waals surface area contributed by atoms with Crippen LogP contribution in [-0.4, -0.2) is 60.7 Å². The summed E-state index contributed by atoms with van der Waals surface area (Å²) in [6, 6.07) is 22.6. The molecule has 1 amide bonds. The molecule has 6 rings (SSSR count). The topological polar surface area (TPSA) is 76.3 Å². The molecule has 0 N–H and O–H groups in total. The number of hydrogen-bond acceptors (Lipinski definition) is 6. The second kappa shape index (κ2) is 16.0. The van der Waals surface area contributed by atoms with Crippen molar-refractivity contribution in [3.63, 3.8) is 0 Å². The van der Waals surface area contributed by atoms with Crippen LogP contribution in [0.2, 0.25) is 5.02 Å². The van der Waals surface area contributed by atoms with Crippen molar-refractivity contribution in [1.82, 2.24) is 29.1 Å². The third-order valence-corrected chi connectivity index (χ3v) is 10.3. The summed E-state index contributed by atoms with van der Waals surface area (Å²) in [5.74, 6) is 0.115. The average Bonchev–Trinajstić information content (AvgIpc) is 3.74. The lowest BCUT2D eigenvalue weighted by molar-refractivity contribution is -0.133. The van der Waals surface area contributed by atoms with Crippen molar-refractivity contribution in [2.24, 2.45) is 7.05 Å². The minimum Gasteiger partial charge on any atom is -0.335 e. The van der Waals surface area contributed by atoms with Gasteiger partial charge in [-0.1, -0.05) is 78.8 Å². The van der Waals surface area contributed by atoms with Gasteiger partial charge in [-0.05, 0) is 78.0 Å². The van der Waals surface area contributed by atoms with Crippen LogP contribution in [0.15, 0.2) is 101 Å². The van der Waals surface area contributed by atoms with Gasteiger partial charge in [0.1, 0.15) is 12.4 Å². The zero-order chi connectivity index (χ0) is 34.3. The smallest absolute Gasteiger partial charge is 0.277 e. The zero-order valence-electron chi connectivity index (χ0n) is 27.8. The number of likely N-dealkylation sites (N-methyl/N-ethyl adjacent to an activating group) is 1. The predicted molar refractivity (Wildman–Crippen MR) is 193 cm³/mol. The van der Waals surface area contributed by atoms with Gasteiger partial charge < -0.3 is 9.47 Å². The third kappa shape index (κ3) is 9.06. The number of carbonyl (C=O) groups is 1. The Balaban J connectivity index is 1.27. The van der Waals surface area contributed by atoms with Crippen molar-refractivity contribution in [3.05, 3.63) is 135 Å². The fraction of sp³-hybridized carbons (Fsp3) is 0.316. The SMILES string of the molecule is CCN1CCCC1CN(Cc1ccc(-c2ccc(Cl)cc2)cc1)C(=O)Cn1cc(Cc2cnn(C)c2)c(=O)nc1SCc1ccc(F)cc1. The number of halogens is 2. The molecule has 0 aliphatic carbocycles. The molecule has 8 nitrogen and oxygen atoms in total. The Morgan fingerprint density at radius 3 is 2.35 bits per heavy atom. The molecule has 0 spiro atoms. The number of hydrogen-bond donors (Lipinski definition) is 0. The van der Waals surface area contributed by atoms with Crippen LogP contribution in [0.4, 0.5) is 4.39 Å². The van der Waals surface area contributed by atoms with E-state index in [4.69, 9.17) is 11.6 Å². The molecule has 0 radical (unpaired) electrons. The van der Waals surface area contributed by atoms with Crippen LogP contribution in [-0.2, 0) is 37.1 Å². The summed E-state index contributed by atoms with van der Waals surface area (Å²) in [7, 11) is 1.83. The molecule has 3 heterocycles. The highest BCUT2D eigenvalue weighted by atomic mass is 35.5. The van der Waals surface area contributed by atoms with Gasteiger partial charge >= 0.3 is 0 Å². The summed E-state index contributed by atoms with van der Waals surface area (Å²) in [5.41, 5.74) is 5.12. The number of thioether (sulfide) groups is 1. The van der Waals surface area contributed by atoms with Gasteiger partial charge in [-0.3, -0.25) is 19.2 Å². The van der Waals surface area contributed by atoms with E-state index in [0.29, 0.717) is 41.0 Å². The second-order valence-electron chi connectivity index (χ2n) is 12.5. The molecule has 3 aromatic carbocycles. The van der Waals surface area contributed by atoms with E-state index in [0.717, 1.165) is 53.7 Å². The molecule has 254 valence electrons. The summed E-state index contributed by atoms with van der Waals surface area (Å²) in [4.78, 5) is 36.4. The first-order valence-electron chi connectivity index (χ1n) is 16.6. The number of benzene rings is 3. The van der Waals surface area contributed by atoms with Crippen molar-refractivity contribution >= 4 is 29.3 Å². The van der Waals surface area contributed by atoms with Crippen molar-refractivity contribution in [2.45, 2.75) is 56.2 Å². The quantitative estimate of drug-likeness (QED) is 0.0992. The van der Waals surface area contributed by atoms with Crippen LogP contribution < -0.4 is 5.56 Å². The van der Waals surface area contributed by atoms with Gasteiger partial charge in [0.25, 0.3) is 5.56 Å². The number of aromatic nitrogens is 4. The largest absolute Gasteiger partial charge is 0.335 e. The molecule has 49 heavy (non-hydrogen) atoms. The average molecular weight is 699 g/mol. The first-order chi connectivity index (χ1) is 23.7. The maximum absolute atomic E-state index is 14.3. The highest BCUT2D eigenvalue weighted by Crippen LogP contribution is 2.25. The Kier molecular flexibility index (Phi) is 11.3. The Morgan fingerprint density at radius 1 is 0.980 bits per heavy atom. The molecular weight excluding hydrogens is 659 g/mol. The van der Waals surface area contributed by atoms with Gasteiger partial charge in [0.15, 0.2) is 5.16 Å². The molecule has 1 aliphatic heterocycles. The van der Waals surface area contributed by atoms with E-state index < -0.39 is 0 Å². The summed E-state index contributed by atoms with van der Waals surface area (Å²) >= 11 is 7.45. The maximum Gasteiger partial charge on any atom is 0.277 e. The zero-order valence-corrected chi connectivity index (χ0v) is 29.3. The second-order valence-corrected chi connectivity index (χ2v) is 13.9. The van der Waals surface area contributed by atoms with E-state index in [9.17, 15) is 14.0 Å². The first kappa shape index (κ1) is 34.6. The lowest BCUT2D eigenvalue weighted by atomic mass is 10.0. The van der Waals surface area contributed by atoms with Crippen molar-refractivity contribution in [2.75, 3.05) is 19.6 Å². The third-order valence-electron chi connectivity index (χ3n) is 8.96. The van der Waals surface area contributed by atoms with Crippen molar-refractivity contribution < 1.29 is 9.18 Å². The Labute approximate surface area is 295 Å². The number of carbonyl (C=O) groups excluding carboxylic acids is 1. The van der Waals surface area contributed by atoms with Crippen LogP contribution >= 0.6 is 23.4 Å². The molecule has 1 atom stereocenters. The van der Waals surface area contributed by atoms with E-state index in [2.05, 4.69) is 46.2 Å². The van der Waals surface area contributed by atoms with Gasteiger partial charge in [0, 0.05) is 61.3 Å². The van der Waals surface area contributed by atoms with Crippen LogP contribution in [0.3, 0.4) is 0 Å². The van der Waals surface area contributed by atoms with Crippen LogP contribution in [0.1, 0.15) is 42.0 Å². The fourth-order valence-electron chi connectivity index (χ4n) is 6.32. The number of likely N-dealkylation sites (tertiary alicyclic amines) is 1. The maximum atomic E-state index is 14.3. The van der Waals surface area contributed by atoms with E-state index in [1.165, 1.54) is 23.9 Å². The molecule has 5 aromatic rings. The monoisotopic (exact) mass is 698 g/mol. The molecule has 1 saturated heterocycles. The number of aryl methyl sites for hydroxylation is 1. The van der Waals surface area contributed by atoms with Gasteiger partial charge in [-0.15, -0.1) is 0 Å². The minimum atomic E-state index is -0.337. The summed E-state index contributed by atoms with van der Waals surface area (Å²) in [6.45, 7) is 5.24. The molecule has 1 unspecified atom stereocenters. The van der Waals surface area contributed by atoms with Gasteiger partial charge in [-0.2, -0.15) is 10.1 Å². The molecule has 2 aromatic heterocycles. The van der Waals surface area contributed by atoms with E-state index in [1.807, 2.05) is 42.4 Å². The summed E-state index contributed by atoms with van der Waals surface area (Å²) in [6.07, 6.45) is 7.87. The molecule has 0 saturated carbocycles. The lowest BCUT2D eigenvalue weighted by Gasteiger charge is -2.31. The van der Waals surface area contributed by atoms with Crippen LogP contribution in [0.5, 0.6) is 0 Å². The highest BCUT2D eigenvalue weighted by Gasteiger charge is 2.28. The first-order valence-corrected chi connectivity index (χ1v) is 17.9. The Hall–Kier alpha value is -4.25. The fourth-order valence-corrected chi connectivity index (χ4v) is 7.37. The number of rotatable bonds is 13. The van der Waals surface area contributed by atoms with Crippen LogP contribution in [0, 0.1) is 5.82 Å². The Morgan fingerprint density at radius 2 is 1.67 bits per heavy atom. The van der Waals surface area contributed by atoms with E-state index in [1.54, 1.807) is 33.8 Å². The van der Waals surface area contributed by atoms with E-state index in [-0.39, 0.29) is 29.9 Å². The number of amides is 1. The Bertz CT molecular complexity index is 1930. The van der Waals surface area contributed by atoms with Gasteiger partial charge in [0.2, 0.25) is 5.91 Å². The lowest BCUT2D eigenvalue weighted by Crippen LogP contribution is -2.44. The van der Waals surface area contributed by atoms with Gasteiger partial charge in [0.05, 0.1) is 6.20 Å². The predicted octanol–water partition coefficient (Wildman–Crippen LogP) is 6.83. The molecule has 1 fully saturated rings. The summed E-state index contributed by atoms with van der Waals surface area (Å²) in [5, 5.41) is 5.38. The molecule has 1 aliphatic rings. The minimum absolute atomic E-state index is 0.0285. The van der Waals surface area contributed by atoms with Gasteiger partial charge in [-0.25, -0.2) is 4.39 Å². The van der Waals surface area contributed by atoms with Crippen molar-refractivity contribution in [3.8, 4) is 11.1 Å². The van der Waals surface area contributed by atoms with Crippen LogP contribution in [0.25, 0.3) is 11.1 Å². The highest BCUT2D eigenvalue weighted by molar-refractivity contribution is 7.98.